The molecule has 0 bridgehead atoms. The molecule has 90 valence electrons. The fourth-order valence-corrected chi connectivity index (χ4v) is 1.40. The number of hydrogen-bond donors (Lipinski definition) is 2. The third-order valence-corrected chi connectivity index (χ3v) is 2.35. The molecule has 1 aromatic carbocycles. The van der Waals surface area contributed by atoms with Crippen LogP contribution in [0.1, 0.15) is 16.1 Å². The maximum atomic E-state index is 11.7. The van der Waals surface area contributed by atoms with Crippen LogP contribution in [-0.4, -0.2) is 10.9 Å². The molecule has 1 amide bonds. The minimum absolute atomic E-state index is 0.298. The van der Waals surface area contributed by atoms with Gasteiger partial charge in [-0.15, -0.1) is 0 Å². The zero-order valence-corrected chi connectivity index (χ0v) is 9.76. The van der Waals surface area contributed by atoms with Gasteiger partial charge in [0.2, 0.25) is 0 Å². The standard InChI is InChI=1S/C14H13N3O/c1-11(12-7-3-2-4-8-12)16-17-14(18)13-9-5-6-10-15-13/h2-10,16H,1H2,(H,17,18). The van der Waals surface area contributed by atoms with Crippen molar-refractivity contribution in [3.63, 3.8) is 0 Å². The van der Waals surface area contributed by atoms with Crippen molar-refractivity contribution in [2.75, 3.05) is 0 Å². The number of aromatic nitrogens is 1. The third-order valence-electron chi connectivity index (χ3n) is 2.35. The van der Waals surface area contributed by atoms with Crippen molar-refractivity contribution < 1.29 is 4.79 Å². The monoisotopic (exact) mass is 239 g/mol. The lowest BCUT2D eigenvalue weighted by atomic mass is 10.2. The summed E-state index contributed by atoms with van der Waals surface area (Å²) in [6.07, 6.45) is 1.57. The van der Waals surface area contributed by atoms with Crippen LogP contribution in [0.25, 0.3) is 5.70 Å². The maximum Gasteiger partial charge on any atom is 0.288 e. The molecule has 0 aliphatic carbocycles. The van der Waals surface area contributed by atoms with E-state index in [0.29, 0.717) is 11.4 Å². The topological polar surface area (TPSA) is 54.0 Å². The number of rotatable bonds is 4. The summed E-state index contributed by atoms with van der Waals surface area (Å²) in [5.41, 5.74) is 7.20. The molecular formula is C14H13N3O. The highest BCUT2D eigenvalue weighted by molar-refractivity contribution is 5.92. The Hall–Kier alpha value is -2.62. The lowest BCUT2D eigenvalue weighted by Crippen LogP contribution is -2.36. The van der Waals surface area contributed by atoms with Crippen LogP contribution in [0.15, 0.2) is 61.3 Å². The molecule has 0 saturated carbocycles. The van der Waals surface area contributed by atoms with Crippen LogP contribution in [0.2, 0.25) is 0 Å². The van der Waals surface area contributed by atoms with E-state index in [2.05, 4.69) is 22.4 Å². The molecule has 0 spiro atoms. The van der Waals surface area contributed by atoms with Gasteiger partial charge in [0.1, 0.15) is 5.69 Å². The molecule has 0 unspecified atom stereocenters. The van der Waals surface area contributed by atoms with Crippen molar-refractivity contribution in [2.24, 2.45) is 0 Å². The van der Waals surface area contributed by atoms with E-state index in [0.717, 1.165) is 5.56 Å². The van der Waals surface area contributed by atoms with Crippen LogP contribution >= 0.6 is 0 Å². The number of benzene rings is 1. The van der Waals surface area contributed by atoms with Crippen LogP contribution in [0.5, 0.6) is 0 Å². The second kappa shape index (κ2) is 5.63. The number of amides is 1. The summed E-state index contributed by atoms with van der Waals surface area (Å²) in [4.78, 5) is 15.7. The normalized spacial score (nSPS) is 9.56. The molecule has 0 fully saturated rings. The lowest BCUT2D eigenvalue weighted by Gasteiger charge is -2.10. The number of nitrogens with one attached hydrogen (secondary N) is 2. The quantitative estimate of drug-likeness (QED) is 0.802. The van der Waals surface area contributed by atoms with Crippen molar-refractivity contribution in [1.29, 1.82) is 0 Å². The first-order valence-electron chi connectivity index (χ1n) is 5.49. The van der Waals surface area contributed by atoms with E-state index in [1.54, 1.807) is 24.4 Å². The van der Waals surface area contributed by atoms with Crippen LogP contribution in [0.4, 0.5) is 0 Å². The molecule has 2 N–H and O–H groups in total. The predicted octanol–water partition coefficient (Wildman–Crippen LogP) is 1.99. The van der Waals surface area contributed by atoms with Gasteiger partial charge in [-0.05, 0) is 17.7 Å². The van der Waals surface area contributed by atoms with Gasteiger partial charge in [-0.2, -0.15) is 0 Å². The molecule has 18 heavy (non-hydrogen) atoms. The fourth-order valence-electron chi connectivity index (χ4n) is 1.40. The fraction of sp³-hybridized carbons (Fsp3) is 0. The van der Waals surface area contributed by atoms with Crippen molar-refractivity contribution in [1.82, 2.24) is 15.8 Å². The third kappa shape index (κ3) is 2.95. The van der Waals surface area contributed by atoms with E-state index in [-0.39, 0.29) is 5.91 Å². The SMILES string of the molecule is C=C(NNC(=O)c1ccccn1)c1ccccc1. The summed E-state index contributed by atoms with van der Waals surface area (Å²) in [7, 11) is 0. The van der Waals surface area contributed by atoms with Gasteiger partial charge in [-0.25, -0.2) is 0 Å². The molecule has 2 rings (SSSR count). The van der Waals surface area contributed by atoms with Crippen molar-refractivity contribution in [2.45, 2.75) is 0 Å². The van der Waals surface area contributed by atoms with Crippen molar-refractivity contribution in [3.8, 4) is 0 Å². The molecule has 1 aromatic heterocycles. The van der Waals surface area contributed by atoms with Crippen LogP contribution in [-0.2, 0) is 0 Å². The van der Waals surface area contributed by atoms with Gasteiger partial charge in [-0.3, -0.25) is 20.6 Å². The molecule has 2 aromatic rings. The van der Waals surface area contributed by atoms with Gasteiger partial charge >= 0.3 is 0 Å². The predicted molar refractivity (Wildman–Crippen MR) is 70.3 cm³/mol. The molecule has 1 heterocycles. The average Bonchev–Trinajstić information content (AvgIpc) is 2.46. The summed E-state index contributed by atoms with van der Waals surface area (Å²) >= 11 is 0. The largest absolute Gasteiger partial charge is 0.298 e. The molecule has 0 atom stereocenters. The Labute approximate surface area is 105 Å². The zero-order chi connectivity index (χ0) is 12.8. The molecule has 0 radical (unpaired) electrons. The van der Waals surface area contributed by atoms with Gasteiger partial charge in [-0.1, -0.05) is 43.0 Å². The van der Waals surface area contributed by atoms with Gasteiger partial charge in [0.25, 0.3) is 5.91 Å². The first-order chi connectivity index (χ1) is 8.77. The number of hydrazine groups is 1. The molecule has 4 heteroatoms. The second-order valence-corrected chi connectivity index (χ2v) is 3.64. The number of pyridine rings is 1. The van der Waals surface area contributed by atoms with E-state index in [1.165, 1.54) is 0 Å². The molecular weight excluding hydrogens is 226 g/mol. The van der Waals surface area contributed by atoms with Crippen LogP contribution in [0, 0.1) is 0 Å². The Morgan fingerprint density at radius 2 is 1.72 bits per heavy atom. The summed E-state index contributed by atoms with van der Waals surface area (Å²) in [5, 5.41) is 0. The Balaban J connectivity index is 1.93. The molecule has 4 nitrogen and oxygen atoms in total. The number of carbonyl (C=O) groups is 1. The van der Waals surface area contributed by atoms with E-state index in [9.17, 15) is 4.79 Å². The van der Waals surface area contributed by atoms with Gasteiger partial charge < -0.3 is 0 Å². The second-order valence-electron chi connectivity index (χ2n) is 3.64. The van der Waals surface area contributed by atoms with Crippen molar-refractivity contribution in [3.05, 3.63) is 72.6 Å². The summed E-state index contributed by atoms with van der Waals surface area (Å²) in [6, 6.07) is 14.7. The highest BCUT2D eigenvalue weighted by Crippen LogP contribution is 2.06. The highest BCUT2D eigenvalue weighted by atomic mass is 16.2. The minimum Gasteiger partial charge on any atom is -0.298 e. The van der Waals surface area contributed by atoms with E-state index < -0.39 is 0 Å². The van der Waals surface area contributed by atoms with Gasteiger partial charge in [0.15, 0.2) is 0 Å². The first kappa shape index (κ1) is 11.9. The van der Waals surface area contributed by atoms with Gasteiger partial charge in [0.05, 0.1) is 5.70 Å². The summed E-state index contributed by atoms with van der Waals surface area (Å²) in [5.74, 6) is -0.298. The molecule has 0 saturated heterocycles. The number of hydrogen-bond acceptors (Lipinski definition) is 3. The Kier molecular flexibility index (Phi) is 3.71. The lowest BCUT2D eigenvalue weighted by molar-refractivity contribution is 0.0937. The minimum atomic E-state index is -0.298. The summed E-state index contributed by atoms with van der Waals surface area (Å²) < 4.78 is 0. The van der Waals surface area contributed by atoms with E-state index >= 15 is 0 Å². The number of carbonyl (C=O) groups excluding carboxylic acids is 1. The maximum absolute atomic E-state index is 11.7. The molecule has 0 aliphatic heterocycles. The van der Waals surface area contributed by atoms with E-state index in [1.807, 2.05) is 30.3 Å². The number of nitrogens with zero attached hydrogens (tertiary/aromatic N) is 1. The zero-order valence-electron chi connectivity index (χ0n) is 9.76. The average molecular weight is 239 g/mol. The Bertz CT molecular complexity index is 486. The van der Waals surface area contributed by atoms with E-state index in [4.69, 9.17) is 0 Å². The highest BCUT2D eigenvalue weighted by Gasteiger charge is 2.05. The first-order valence-corrected chi connectivity index (χ1v) is 5.49. The van der Waals surface area contributed by atoms with Crippen LogP contribution in [0.3, 0.4) is 0 Å². The van der Waals surface area contributed by atoms with Crippen LogP contribution < -0.4 is 10.9 Å². The summed E-state index contributed by atoms with van der Waals surface area (Å²) in [6.45, 7) is 3.84. The Morgan fingerprint density at radius 1 is 1.00 bits per heavy atom. The Morgan fingerprint density at radius 3 is 2.39 bits per heavy atom. The van der Waals surface area contributed by atoms with Gasteiger partial charge in [0, 0.05) is 6.20 Å². The molecule has 0 aliphatic rings. The smallest absolute Gasteiger partial charge is 0.288 e. The van der Waals surface area contributed by atoms with Crippen molar-refractivity contribution >= 4 is 11.6 Å².